The summed E-state index contributed by atoms with van der Waals surface area (Å²) in [5.74, 6) is 3.00. The number of aliphatic hydroxyl groups excluding tert-OH is 1. The van der Waals surface area contributed by atoms with Gasteiger partial charge in [-0.05, 0) is 25.7 Å². The third-order valence-electron chi connectivity index (χ3n) is 4.63. The van der Waals surface area contributed by atoms with Crippen LogP contribution in [-0.4, -0.2) is 56.1 Å². The maximum Gasteiger partial charge on any atom is 0.343 e. The smallest absolute Gasteiger partial charge is 0.343 e. The van der Waals surface area contributed by atoms with E-state index in [0.29, 0.717) is 19.0 Å². The average Bonchev–Trinajstić information content (AvgIpc) is 3.00. The molecule has 1 saturated heterocycles. The summed E-state index contributed by atoms with van der Waals surface area (Å²) in [7, 11) is 0. The van der Waals surface area contributed by atoms with Gasteiger partial charge in [0.05, 0.1) is 6.61 Å². The van der Waals surface area contributed by atoms with Crippen LogP contribution in [0.15, 0.2) is 17.2 Å². The summed E-state index contributed by atoms with van der Waals surface area (Å²) in [5, 5.41) is 18.6. The van der Waals surface area contributed by atoms with Crippen LogP contribution >= 0.6 is 0 Å². The predicted octanol–water partition coefficient (Wildman–Crippen LogP) is 0.245. The number of aromatic nitrogens is 5. The number of anilines is 2. The lowest BCUT2D eigenvalue weighted by Gasteiger charge is -2.32. The highest BCUT2D eigenvalue weighted by atomic mass is 16.3. The normalized spacial score (nSPS) is 15.5. The second-order valence-electron chi connectivity index (χ2n) is 6.24. The van der Waals surface area contributed by atoms with E-state index >= 15 is 0 Å². The van der Waals surface area contributed by atoms with Crippen molar-refractivity contribution in [3.05, 3.63) is 28.7 Å². The number of nitrogens with one attached hydrogen (secondary N) is 2. The van der Waals surface area contributed by atoms with Gasteiger partial charge < -0.3 is 15.3 Å². The second kappa shape index (κ2) is 8.11. The molecule has 0 unspecified atom stereocenters. The minimum Gasteiger partial charge on any atom is -0.395 e. The van der Waals surface area contributed by atoms with Gasteiger partial charge in [0.25, 0.3) is 0 Å². The van der Waals surface area contributed by atoms with E-state index in [-0.39, 0.29) is 12.3 Å². The molecule has 136 valence electrons. The zero-order valence-corrected chi connectivity index (χ0v) is 14.5. The third kappa shape index (κ3) is 4.16. The van der Waals surface area contributed by atoms with E-state index in [1.807, 2.05) is 13.0 Å². The van der Waals surface area contributed by atoms with Crippen molar-refractivity contribution in [2.75, 3.05) is 36.5 Å². The van der Waals surface area contributed by atoms with Crippen molar-refractivity contribution in [1.29, 1.82) is 0 Å². The maximum atomic E-state index is 11.7. The molecule has 0 saturated carbocycles. The minimum atomic E-state index is -0.126. The Hall–Kier alpha value is -2.42. The molecule has 0 bridgehead atoms. The molecule has 9 nitrogen and oxygen atoms in total. The molecule has 1 aliphatic heterocycles. The first-order valence-corrected chi connectivity index (χ1v) is 8.77. The van der Waals surface area contributed by atoms with Crippen molar-refractivity contribution in [3.8, 4) is 0 Å². The third-order valence-corrected chi connectivity index (χ3v) is 4.63. The molecule has 0 spiro atoms. The van der Waals surface area contributed by atoms with Crippen LogP contribution in [0.4, 0.5) is 11.6 Å². The van der Waals surface area contributed by atoms with Gasteiger partial charge in [-0.1, -0.05) is 0 Å². The second-order valence-corrected chi connectivity index (χ2v) is 6.24. The molecule has 1 fully saturated rings. The number of H-pyrrole nitrogens is 1. The Morgan fingerprint density at radius 1 is 1.36 bits per heavy atom. The van der Waals surface area contributed by atoms with Crippen LogP contribution in [0.1, 0.15) is 25.6 Å². The fourth-order valence-corrected chi connectivity index (χ4v) is 3.26. The molecule has 3 heterocycles. The summed E-state index contributed by atoms with van der Waals surface area (Å²) in [6.45, 7) is 4.99. The quantitative estimate of drug-likeness (QED) is 0.658. The Balaban J connectivity index is 1.57. The molecule has 0 atom stereocenters. The molecule has 0 aromatic carbocycles. The largest absolute Gasteiger partial charge is 0.395 e. The number of hydrogen-bond acceptors (Lipinski definition) is 7. The van der Waals surface area contributed by atoms with Crippen molar-refractivity contribution in [3.63, 3.8) is 0 Å². The lowest BCUT2D eigenvalue weighted by Crippen LogP contribution is -2.35. The van der Waals surface area contributed by atoms with Gasteiger partial charge in [0.15, 0.2) is 0 Å². The zero-order chi connectivity index (χ0) is 17.6. The average molecular weight is 347 g/mol. The van der Waals surface area contributed by atoms with E-state index in [1.165, 1.54) is 0 Å². The van der Waals surface area contributed by atoms with Gasteiger partial charge >= 0.3 is 5.69 Å². The van der Waals surface area contributed by atoms with E-state index in [4.69, 9.17) is 5.11 Å². The Labute approximate surface area is 146 Å². The van der Waals surface area contributed by atoms with Crippen molar-refractivity contribution >= 4 is 11.6 Å². The van der Waals surface area contributed by atoms with Gasteiger partial charge in [0.2, 0.25) is 0 Å². The SMILES string of the molecule is CCn1c(CC2CCN(c3cc(NCCO)ncn3)CC2)n[nH]c1=O. The summed E-state index contributed by atoms with van der Waals surface area (Å²) in [6, 6.07) is 1.92. The molecule has 2 aromatic rings. The molecule has 0 amide bonds. The Bertz CT molecular complexity index is 734. The first-order chi connectivity index (χ1) is 12.2. The van der Waals surface area contributed by atoms with Gasteiger partial charge in [-0.3, -0.25) is 4.57 Å². The standard InChI is InChI=1S/C16H25N7O2/c1-2-23-15(20-21-16(23)25)9-12-3-6-22(7-4-12)14-10-13(17-5-8-24)18-11-19-14/h10-12,24H,2-9H2,1H3,(H,21,25)(H,17,18,19). The van der Waals surface area contributed by atoms with E-state index in [2.05, 4.69) is 30.4 Å². The molecule has 3 rings (SSSR count). The number of aromatic amines is 1. The monoisotopic (exact) mass is 347 g/mol. The number of rotatable bonds is 7. The Morgan fingerprint density at radius 2 is 2.16 bits per heavy atom. The van der Waals surface area contributed by atoms with Crippen molar-refractivity contribution < 1.29 is 5.11 Å². The molecular weight excluding hydrogens is 322 g/mol. The van der Waals surface area contributed by atoms with Crippen LogP contribution in [0.3, 0.4) is 0 Å². The zero-order valence-electron chi connectivity index (χ0n) is 14.5. The topological polar surface area (TPSA) is 112 Å². The van der Waals surface area contributed by atoms with E-state index < -0.39 is 0 Å². The van der Waals surface area contributed by atoms with Gasteiger partial charge in [0.1, 0.15) is 23.8 Å². The van der Waals surface area contributed by atoms with Crippen LogP contribution < -0.4 is 15.9 Å². The van der Waals surface area contributed by atoms with Crippen molar-refractivity contribution in [2.24, 2.45) is 5.92 Å². The summed E-state index contributed by atoms with van der Waals surface area (Å²) in [6.07, 6.45) is 4.45. The predicted molar refractivity (Wildman–Crippen MR) is 94.8 cm³/mol. The molecule has 9 heteroatoms. The van der Waals surface area contributed by atoms with Crippen molar-refractivity contribution in [1.82, 2.24) is 24.7 Å². The summed E-state index contributed by atoms with van der Waals surface area (Å²) < 4.78 is 1.70. The first kappa shape index (κ1) is 17.4. The number of aliphatic hydroxyl groups is 1. The molecule has 0 radical (unpaired) electrons. The minimum absolute atomic E-state index is 0.0702. The Morgan fingerprint density at radius 3 is 2.88 bits per heavy atom. The van der Waals surface area contributed by atoms with Crippen LogP contribution in [0.5, 0.6) is 0 Å². The van der Waals surface area contributed by atoms with Crippen LogP contribution in [0.25, 0.3) is 0 Å². The van der Waals surface area contributed by atoms with Gasteiger partial charge in [-0.2, -0.15) is 5.10 Å². The van der Waals surface area contributed by atoms with E-state index in [9.17, 15) is 4.79 Å². The highest BCUT2D eigenvalue weighted by Crippen LogP contribution is 2.24. The van der Waals surface area contributed by atoms with Crippen LogP contribution in [0.2, 0.25) is 0 Å². The molecular formula is C16H25N7O2. The molecule has 25 heavy (non-hydrogen) atoms. The Kier molecular flexibility index (Phi) is 5.64. The fraction of sp³-hybridized carbons (Fsp3) is 0.625. The molecule has 1 aliphatic rings. The number of piperidine rings is 1. The number of hydrogen-bond donors (Lipinski definition) is 3. The highest BCUT2D eigenvalue weighted by molar-refractivity contribution is 5.48. The molecule has 3 N–H and O–H groups in total. The summed E-state index contributed by atoms with van der Waals surface area (Å²) >= 11 is 0. The molecule has 0 aliphatic carbocycles. The highest BCUT2D eigenvalue weighted by Gasteiger charge is 2.22. The first-order valence-electron chi connectivity index (χ1n) is 8.77. The van der Waals surface area contributed by atoms with Gasteiger partial charge in [0, 0.05) is 38.7 Å². The maximum absolute atomic E-state index is 11.7. The van der Waals surface area contributed by atoms with Gasteiger partial charge in [-0.15, -0.1) is 0 Å². The number of nitrogens with zero attached hydrogens (tertiary/aromatic N) is 5. The van der Waals surface area contributed by atoms with Crippen LogP contribution in [0, 0.1) is 5.92 Å². The summed E-state index contributed by atoms with van der Waals surface area (Å²) in [5.41, 5.74) is -0.126. The lowest BCUT2D eigenvalue weighted by atomic mass is 9.93. The van der Waals surface area contributed by atoms with Gasteiger partial charge in [-0.25, -0.2) is 19.9 Å². The van der Waals surface area contributed by atoms with Crippen LogP contribution in [-0.2, 0) is 13.0 Å². The summed E-state index contributed by atoms with van der Waals surface area (Å²) in [4.78, 5) is 22.4. The lowest BCUT2D eigenvalue weighted by molar-refractivity contribution is 0.311. The van der Waals surface area contributed by atoms with E-state index in [0.717, 1.165) is 49.8 Å². The van der Waals surface area contributed by atoms with Crippen molar-refractivity contribution in [2.45, 2.75) is 32.7 Å². The molecule has 2 aromatic heterocycles. The fourth-order valence-electron chi connectivity index (χ4n) is 3.26. The van der Waals surface area contributed by atoms with E-state index in [1.54, 1.807) is 10.9 Å².